The van der Waals surface area contributed by atoms with Crippen molar-refractivity contribution in [1.29, 1.82) is 0 Å². The highest BCUT2D eigenvalue weighted by Gasteiger charge is 2.50. The van der Waals surface area contributed by atoms with E-state index in [0.717, 1.165) is 0 Å². The van der Waals surface area contributed by atoms with Crippen molar-refractivity contribution >= 4 is 40.8 Å². The number of rotatable bonds is 8. The van der Waals surface area contributed by atoms with E-state index in [0.29, 0.717) is 34.9 Å². The van der Waals surface area contributed by atoms with Crippen molar-refractivity contribution in [3.63, 3.8) is 0 Å². The molecule has 0 radical (unpaired) electrons. The maximum Gasteiger partial charge on any atom is 0.247 e. The molecule has 2 amide bonds. The van der Waals surface area contributed by atoms with Gasteiger partial charge in [-0.3, -0.25) is 14.4 Å². The number of benzene rings is 2. The third-order valence-electron chi connectivity index (χ3n) is 7.58. The monoisotopic (exact) mass is 528 g/mol. The van der Waals surface area contributed by atoms with Gasteiger partial charge in [0.1, 0.15) is 18.1 Å². The second kappa shape index (κ2) is 10.9. The van der Waals surface area contributed by atoms with Gasteiger partial charge in [-0.1, -0.05) is 87.6 Å². The average molecular weight is 530 g/mol. The van der Waals surface area contributed by atoms with Crippen molar-refractivity contribution in [2.75, 3.05) is 0 Å². The summed E-state index contributed by atoms with van der Waals surface area (Å²) in [6.45, 7) is 7.89. The molecule has 2 aromatic rings. The lowest BCUT2D eigenvalue weighted by Gasteiger charge is -2.46. The van der Waals surface area contributed by atoms with Crippen LogP contribution in [0.2, 0.25) is 10.0 Å². The molecule has 1 N–H and O–H groups in total. The molecule has 192 valence electrons. The molecule has 7 heteroatoms. The molecule has 1 aliphatic heterocycles. The number of fused-ring (bicyclic) bond motifs is 1. The highest BCUT2D eigenvalue weighted by molar-refractivity contribution is 6.42. The van der Waals surface area contributed by atoms with Crippen LogP contribution in [0.5, 0.6) is 0 Å². The van der Waals surface area contributed by atoms with Crippen LogP contribution in [0.15, 0.2) is 42.5 Å². The molecule has 1 aliphatic carbocycles. The number of hydrogen-bond donors (Lipinski definition) is 1. The van der Waals surface area contributed by atoms with E-state index in [-0.39, 0.29) is 41.8 Å². The molecule has 4 atom stereocenters. The summed E-state index contributed by atoms with van der Waals surface area (Å²) < 4.78 is 0. The van der Waals surface area contributed by atoms with Gasteiger partial charge in [0.25, 0.3) is 0 Å². The van der Waals surface area contributed by atoms with Crippen LogP contribution in [-0.2, 0) is 27.2 Å². The number of piperazine rings is 1. The van der Waals surface area contributed by atoms with Crippen molar-refractivity contribution in [2.24, 2.45) is 17.8 Å². The topological polar surface area (TPSA) is 66.5 Å². The number of halogens is 2. The van der Waals surface area contributed by atoms with Crippen LogP contribution in [-0.4, -0.2) is 34.6 Å². The van der Waals surface area contributed by atoms with Gasteiger partial charge in [-0.05, 0) is 59.4 Å². The van der Waals surface area contributed by atoms with Gasteiger partial charge in [0.05, 0.1) is 10.0 Å². The Bertz CT molecular complexity index is 1140. The average Bonchev–Trinajstić information content (AvgIpc) is 3.26. The molecule has 4 rings (SSSR count). The molecular formula is C29H34Cl2N2O3. The Balaban J connectivity index is 1.78. The summed E-state index contributed by atoms with van der Waals surface area (Å²) in [5, 5.41) is 3.74. The van der Waals surface area contributed by atoms with E-state index >= 15 is 0 Å². The fraction of sp³-hybridized carbons (Fsp3) is 0.483. The second-order valence-corrected chi connectivity index (χ2v) is 11.5. The predicted octanol–water partition coefficient (Wildman–Crippen LogP) is 5.81. The number of nitrogens with one attached hydrogen (secondary N) is 1. The van der Waals surface area contributed by atoms with Crippen molar-refractivity contribution in [2.45, 2.75) is 71.5 Å². The zero-order chi connectivity index (χ0) is 26.1. The minimum atomic E-state index is -0.911. The van der Waals surface area contributed by atoms with Crippen molar-refractivity contribution < 1.29 is 14.4 Å². The number of amides is 2. The fourth-order valence-electron chi connectivity index (χ4n) is 5.61. The molecule has 2 aromatic carbocycles. The molecule has 0 saturated carbocycles. The van der Waals surface area contributed by atoms with Crippen LogP contribution < -0.4 is 5.32 Å². The Labute approximate surface area is 223 Å². The van der Waals surface area contributed by atoms with Crippen LogP contribution >= 0.6 is 23.2 Å². The van der Waals surface area contributed by atoms with Gasteiger partial charge in [-0.15, -0.1) is 0 Å². The summed E-state index contributed by atoms with van der Waals surface area (Å²) in [5.41, 5.74) is 2.99. The molecule has 0 unspecified atom stereocenters. The zero-order valence-corrected chi connectivity index (χ0v) is 22.8. The van der Waals surface area contributed by atoms with E-state index < -0.39 is 18.1 Å². The Hall–Kier alpha value is -2.37. The lowest BCUT2D eigenvalue weighted by atomic mass is 9.84. The second-order valence-electron chi connectivity index (χ2n) is 10.6. The van der Waals surface area contributed by atoms with Crippen LogP contribution in [0.25, 0.3) is 0 Å². The van der Waals surface area contributed by atoms with E-state index in [1.165, 1.54) is 11.1 Å². The molecular weight excluding hydrogens is 495 g/mol. The molecule has 0 aromatic heterocycles. The normalized spacial score (nSPS) is 21.9. The largest absolute Gasteiger partial charge is 0.342 e. The minimum absolute atomic E-state index is 0.0612. The molecule has 1 fully saturated rings. The molecule has 2 aliphatic rings. The first-order valence-corrected chi connectivity index (χ1v) is 13.5. The molecule has 1 saturated heterocycles. The molecule has 0 spiro atoms. The van der Waals surface area contributed by atoms with Gasteiger partial charge in [0, 0.05) is 6.42 Å². The van der Waals surface area contributed by atoms with Crippen molar-refractivity contribution in [1.82, 2.24) is 10.2 Å². The number of ketones is 1. The highest BCUT2D eigenvalue weighted by atomic mass is 35.5. The summed E-state index contributed by atoms with van der Waals surface area (Å²) in [6, 6.07) is 10.8. The first kappa shape index (κ1) is 26.7. The molecule has 5 nitrogen and oxygen atoms in total. The first-order valence-electron chi connectivity index (χ1n) is 12.8. The smallest absolute Gasteiger partial charge is 0.247 e. The summed E-state index contributed by atoms with van der Waals surface area (Å²) in [4.78, 5) is 43.3. The first-order chi connectivity index (χ1) is 17.1. The van der Waals surface area contributed by atoms with E-state index in [2.05, 4.69) is 17.4 Å². The Morgan fingerprint density at radius 3 is 2.22 bits per heavy atom. The van der Waals surface area contributed by atoms with Gasteiger partial charge < -0.3 is 10.2 Å². The van der Waals surface area contributed by atoms with Crippen LogP contribution in [0.1, 0.15) is 63.3 Å². The van der Waals surface area contributed by atoms with Crippen LogP contribution in [0, 0.1) is 17.8 Å². The fourth-order valence-corrected chi connectivity index (χ4v) is 5.92. The van der Waals surface area contributed by atoms with Crippen LogP contribution in [0.4, 0.5) is 0 Å². The standard InChI is InChI=1S/C29H34Cl2N2O3/c1-5-17(4)26-28(35)32-25(21-13-18-8-6-7-9-19(18)14-21)29(36)33(26)27(24(34)12-16(2)3)20-10-11-22(30)23(31)15-20/h6-11,15-17,21,25-27H,5,12-14H2,1-4H3,(H,32,35)/t17-,25+,26+,27+/m0/s1. The van der Waals surface area contributed by atoms with Gasteiger partial charge in [0.2, 0.25) is 11.8 Å². The lowest BCUT2D eigenvalue weighted by molar-refractivity contribution is -0.159. The molecule has 36 heavy (non-hydrogen) atoms. The van der Waals surface area contributed by atoms with Crippen molar-refractivity contribution in [3.05, 3.63) is 69.2 Å². The summed E-state index contributed by atoms with van der Waals surface area (Å²) in [5.74, 6) is -0.605. The third-order valence-corrected chi connectivity index (χ3v) is 8.31. The van der Waals surface area contributed by atoms with Gasteiger partial charge >= 0.3 is 0 Å². The Kier molecular flexibility index (Phi) is 8.11. The minimum Gasteiger partial charge on any atom is -0.342 e. The number of nitrogens with zero attached hydrogens (tertiary/aromatic N) is 1. The maximum absolute atomic E-state index is 14.3. The SMILES string of the molecule is CC[C@H](C)[C@@H]1C(=O)N[C@H](C2Cc3ccccc3C2)C(=O)N1[C@@H](C(=O)CC(C)C)c1ccc(Cl)c(Cl)c1. The van der Waals surface area contributed by atoms with E-state index in [4.69, 9.17) is 23.2 Å². The summed E-state index contributed by atoms with van der Waals surface area (Å²) in [6.07, 6.45) is 2.40. The molecule has 0 bridgehead atoms. The van der Waals surface area contributed by atoms with E-state index in [1.807, 2.05) is 39.8 Å². The third kappa shape index (κ3) is 5.19. The van der Waals surface area contributed by atoms with E-state index in [9.17, 15) is 14.4 Å². The molecule has 1 heterocycles. The highest BCUT2D eigenvalue weighted by Crippen LogP contribution is 2.38. The zero-order valence-electron chi connectivity index (χ0n) is 21.3. The number of carbonyl (C=O) groups is 3. The number of Topliss-reactive ketones (excluding diaryl/α,β-unsaturated/α-hetero) is 1. The number of hydrogen-bond acceptors (Lipinski definition) is 3. The van der Waals surface area contributed by atoms with Crippen LogP contribution in [0.3, 0.4) is 0 Å². The van der Waals surface area contributed by atoms with Gasteiger partial charge in [0.15, 0.2) is 5.78 Å². The quantitative estimate of drug-likeness (QED) is 0.470. The lowest BCUT2D eigenvalue weighted by Crippen LogP contribution is -2.68. The Morgan fingerprint density at radius 1 is 1.03 bits per heavy atom. The number of carbonyl (C=O) groups excluding carboxylic acids is 3. The van der Waals surface area contributed by atoms with E-state index in [1.54, 1.807) is 23.1 Å². The maximum atomic E-state index is 14.3. The Morgan fingerprint density at radius 2 is 1.67 bits per heavy atom. The summed E-state index contributed by atoms with van der Waals surface area (Å²) >= 11 is 12.5. The van der Waals surface area contributed by atoms with Gasteiger partial charge in [-0.2, -0.15) is 0 Å². The predicted molar refractivity (Wildman–Crippen MR) is 143 cm³/mol. The van der Waals surface area contributed by atoms with Gasteiger partial charge in [-0.25, -0.2) is 0 Å². The summed E-state index contributed by atoms with van der Waals surface area (Å²) in [7, 11) is 0. The van der Waals surface area contributed by atoms with Crippen molar-refractivity contribution in [3.8, 4) is 0 Å².